The summed E-state index contributed by atoms with van der Waals surface area (Å²) in [4.78, 5) is 30.7. The Bertz CT molecular complexity index is 1000. The maximum Gasteiger partial charge on any atom is 0.249 e. The summed E-state index contributed by atoms with van der Waals surface area (Å²) in [6.45, 7) is 2.60. The van der Waals surface area contributed by atoms with E-state index < -0.39 is 0 Å². The Kier molecular flexibility index (Phi) is 7.46. The van der Waals surface area contributed by atoms with E-state index in [2.05, 4.69) is 15.1 Å². The van der Waals surface area contributed by atoms with Crippen LogP contribution in [0.2, 0.25) is 0 Å². The fourth-order valence-electron chi connectivity index (χ4n) is 4.09. The summed E-state index contributed by atoms with van der Waals surface area (Å²) in [6, 6.07) is 9.66. The normalized spacial score (nSPS) is 15.7. The van der Waals surface area contributed by atoms with Gasteiger partial charge in [0.25, 0.3) is 0 Å². The van der Waals surface area contributed by atoms with Gasteiger partial charge in [-0.3, -0.25) is 9.59 Å². The molecule has 2 amide bonds. The van der Waals surface area contributed by atoms with Gasteiger partial charge in [0.2, 0.25) is 11.8 Å². The SMILES string of the molecule is COCC(=O)N(CC(=O)N1CCN(c2ccc(-c3ccc(OC)c(OC)c3)nn2)CC1)C1CC1. The number of carbonyl (C=O) groups excluding carboxylic acids is 2. The van der Waals surface area contributed by atoms with Gasteiger partial charge in [0.05, 0.1) is 19.9 Å². The number of anilines is 1. The molecule has 10 nitrogen and oxygen atoms in total. The first-order chi connectivity index (χ1) is 16.5. The highest BCUT2D eigenvalue weighted by Crippen LogP contribution is 2.32. The second kappa shape index (κ2) is 10.7. The van der Waals surface area contributed by atoms with E-state index in [4.69, 9.17) is 14.2 Å². The van der Waals surface area contributed by atoms with E-state index in [1.54, 1.807) is 19.1 Å². The van der Waals surface area contributed by atoms with Crippen LogP contribution in [0, 0.1) is 0 Å². The molecule has 1 saturated heterocycles. The van der Waals surface area contributed by atoms with E-state index in [1.807, 2.05) is 35.2 Å². The molecule has 4 rings (SSSR count). The Morgan fingerprint density at radius 1 is 0.971 bits per heavy atom. The Hall–Kier alpha value is -3.40. The molecule has 1 saturated carbocycles. The van der Waals surface area contributed by atoms with Crippen LogP contribution in [0.4, 0.5) is 5.82 Å². The molecular formula is C24H31N5O5. The zero-order valence-electron chi connectivity index (χ0n) is 19.9. The average Bonchev–Trinajstić information content (AvgIpc) is 3.72. The Morgan fingerprint density at radius 2 is 1.71 bits per heavy atom. The van der Waals surface area contributed by atoms with Crippen LogP contribution in [0.15, 0.2) is 30.3 Å². The van der Waals surface area contributed by atoms with Crippen molar-refractivity contribution in [2.45, 2.75) is 18.9 Å². The maximum absolute atomic E-state index is 12.8. The number of methoxy groups -OCH3 is 3. The number of amides is 2. The van der Waals surface area contributed by atoms with Crippen LogP contribution in [-0.4, -0.2) is 98.5 Å². The molecule has 1 aromatic carbocycles. The van der Waals surface area contributed by atoms with E-state index in [1.165, 1.54) is 7.11 Å². The van der Waals surface area contributed by atoms with Crippen LogP contribution in [0.3, 0.4) is 0 Å². The number of aromatic nitrogens is 2. The molecule has 0 N–H and O–H groups in total. The minimum atomic E-state index is -0.123. The molecule has 1 aromatic heterocycles. The highest BCUT2D eigenvalue weighted by molar-refractivity contribution is 5.86. The molecular weight excluding hydrogens is 438 g/mol. The third kappa shape index (κ3) is 5.39. The molecule has 2 fully saturated rings. The van der Waals surface area contributed by atoms with Crippen LogP contribution in [0.25, 0.3) is 11.3 Å². The summed E-state index contributed by atoms with van der Waals surface area (Å²) >= 11 is 0. The van der Waals surface area contributed by atoms with Gasteiger partial charge in [-0.15, -0.1) is 10.2 Å². The van der Waals surface area contributed by atoms with E-state index in [-0.39, 0.29) is 31.0 Å². The number of benzene rings is 1. The van der Waals surface area contributed by atoms with Crippen LogP contribution in [0.5, 0.6) is 11.5 Å². The molecule has 0 unspecified atom stereocenters. The quantitative estimate of drug-likeness (QED) is 0.544. The molecule has 0 atom stereocenters. The predicted molar refractivity (Wildman–Crippen MR) is 126 cm³/mol. The molecule has 34 heavy (non-hydrogen) atoms. The fraction of sp³-hybridized carbons (Fsp3) is 0.500. The summed E-state index contributed by atoms with van der Waals surface area (Å²) in [5.41, 5.74) is 1.62. The van der Waals surface area contributed by atoms with Gasteiger partial charge in [0, 0.05) is 44.9 Å². The third-order valence-corrected chi connectivity index (χ3v) is 6.17. The Balaban J connectivity index is 1.33. The van der Waals surface area contributed by atoms with Crippen molar-refractivity contribution in [2.75, 3.05) is 65.6 Å². The molecule has 1 aliphatic carbocycles. The lowest BCUT2D eigenvalue weighted by Gasteiger charge is -2.36. The van der Waals surface area contributed by atoms with Gasteiger partial charge < -0.3 is 28.9 Å². The van der Waals surface area contributed by atoms with E-state index in [0.717, 1.165) is 29.9 Å². The lowest BCUT2D eigenvalue weighted by Crippen LogP contribution is -2.52. The van der Waals surface area contributed by atoms with Gasteiger partial charge in [0.1, 0.15) is 13.2 Å². The van der Waals surface area contributed by atoms with Gasteiger partial charge >= 0.3 is 0 Å². The van der Waals surface area contributed by atoms with Crippen LogP contribution < -0.4 is 14.4 Å². The van der Waals surface area contributed by atoms with Crippen molar-refractivity contribution >= 4 is 17.6 Å². The van der Waals surface area contributed by atoms with Crippen molar-refractivity contribution in [3.8, 4) is 22.8 Å². The molecule has 0 radical (unpaired) electrons. The second-order valence-electron chi connectivity index (χ2n) is 8.40. The highest BCUT2D eigenvalue weighted by atomic mass is 16.5. The van der Waals surface area contributed by atoms with Crippen molar-refractivity contribution < 1.29 is 23.8 Å². The highest BCUT2D eigenvalue weighted by Gasteiger charge is 2.35. The number of rotatable bonds is 9. The number of nitrogens with zero attached hydrogens (tertiary/aromatic N) is 5. The summed E-state index contributed by atoms with van der Waals surface area (Å²) in [5, 5.41) is 8.79. The lowest BCUT2D eigenvalue weighted by molar-refractivity contribution is -0.143. The van der Waals surface area contributed by atoms with Crippen molar-refractivity contribution in [3.05, 3.63) is 30.3 Å². The zero-order chi connectivity index (χ0) is 24.1. The second-order valence-corrected chi connectivity index (χ2v) is 8.40. The average molecular weight is 470 g/mol. The third-order valence-electron chi connectivity index (χ3n) is 6.17. The van der Waals surface area contributed by atoms with Crippen molar-refractivity contribution in [1.82, 2.24) is 20.0 Å². The first kappa shape index (κ1) is 23.7. The topological polar surface area (TPSA) is 97.3 Å². The first-order valence-corrected chi connectivity index (χ1v) is 11.4. The minimum Gasteiger partial charge on any atom is -0.493 e. The molecule has 1 aliphatic heterocycles. The van der Waals surface area contributed by atoms with Crippen molar-refractivity contribution in [3.63, 3.8) is 0 Å². The molecule has 0 spiro atoms. The van der Waals surface area contributed by atoms with Gasteiger partial charge in [-0.05, 0) is 43.2 Å². The number of hydrogen-bond donors (Lipinski definition) is 0. The van der Waals surface area contributed by atoms with E-state index >= 15 is 0 Å². The Morgan fingerprint density at radius 3 is 2.29 bits per heavy atom. The molecule has 0 bridgehead atoms. The summed E-state index contributed by atoms with van der Waals surface area (Å²) in [5.74, 6) is 1.92. The van der Waals surface area contributed by atoms with Crippen LogP contribution in [-0.2, 0) is 14.3 Å². The van der Waals surface area contributed by atoms with E-state index in [9.17, 15) is 9.59 Å². The molecule has 2 aliphatic rings. The Labute approximate surface area is 199 Å². The first-order valence-electron chi connectivity index (χ1n) is 11.4. The van der Waals surface area contributed by atoms with Crippen molar-refractivity contribution in [1.29, 1.82) is 0 Å². The van der Waals surface area contributed by atoms with Crippen molar-refractivity contribution in [2.24, 2.45) is 0 Å². The standard InChI is InChI=1S/C24H31N5O5/c1-32-16-24(31)29(18-5-6-18)15-23(30)28-12-10-27(11-13-28)22-9-7-19(25-26-22)17-4-8-20(33-2)21(14-17)34-3/h4,7-9,14,18H,5-6,10-13,15-16H2,1-3H3. The maximum atomic E-state index is 12.8. The molecule has 10 heteroatoms. The fourth-order valence-corrected chi connectivity index (χ4v) is 4.09. The molecule has 2 heterocycles. The van der Waals surface area contributed by atoms with Crippen LogP contribution >= 0.6 is 0 Å². The lowest BCUT2D eigenvalue weighted by atomic mass is 10.1. The smallest absolute Gasteiger partial charge is 0.249 e. The largest absolute Gasteiger partial charge is 0.493 e. The van der Waals surface area contributed by atoms with Gasteiger partial charge in [0.15, 0.2) is 17.3 Å². The number of carbonyl (C=O) groups is 2. The number of piperazine rings is 1. The zero-order valence-corrected chi connectivity index (χ0v) is 19.9. The minimum absolute atomic E-state index is 0.00945. The summed E-state index contributed by atoms with van der Waals surface area (Å²) in [7, 11) is 4.69. The van der Waals surface area contributed by atoms with Gasteiger partial charge in [-0.25, -0.2) is 0 Å². The van der Waals surface area contributed by atoms with Gasteiger partial charge in [-0.2, -0.15) is 0 Å². The monoisotopic (exact) mass is 469 g/mol. The molecule has 182 valence electrons. The van der Waals surface area contributed by atoms with Gasteiger partial charge in [-0.1, -0.05) is 0 Å². The predicted octanol–water partition coefficient (Wildman–Crippen LogP) is 1.45. The summed E-state index contributed by atoms with van der Waals surface area (Å²) < 4.78 is 15.6. The van der Waals surface area contributed by atoms with Crippen LogP contribution in [0.1, 0.15) is 12.8 Å². The summed E-state index contributed by atoms with van der Waals surface area (Å²) in [6.07, 6.45) is 1.91. The number of ether oxygens (including phenoxy) is 3. The molecule has 2 aromatic rings. The van der Waals surface area contributed by atoms with E-state index in [0.29, 0.717) is 37.7 Å². The number of hydrogen-bond acceptors (Lipinski definition) is 8.